The molecule has 9 aromatic rings. The van der Waals surface area contributed by atoms with Crippen molar-refractivity contribution in [3.05, 3.63) is 132 Å². The van der Waals surface area contributed by atoms with E-state index in [-0.39, 0.29) is 16.2 Å². The second kappa shape index (κ2) is 11.5. The van der Waals surface area contributed by atoms with E-state index in [0.29, 0.717) is 0 Å². The zero-order valence-electron chi connectivity index (χ0n) is 30.6. The van der Waals surface area contributed by atoms with Crippen molar-refractivity contribution in [2.24, 2.45) is 0 Å². The highest BCUT2D eigenvalue weighted by atomic mass is 32.1. The van der Waals surface area contributed by atoms with Crippen molar-refractivity contribution in [2.75, 3.05) is 0 Å². The molecule has 3 aromatic heterocycles. The minimum absolute atomic E-state index is 0.00968. The predicted octanol–water partition coefficient (Wildman–Crippen LogP) is 15.3. The van der Waals surface area contributed by atoms with E-state index in [9.17, 15) is 0 Å². The molecular formula is C48H44OS2. The van der Waals surface area contributed by atoms with Gasteiger partial charge in [0.25, 0.3) is 0 Å². The van der Waals surface area contributed by atoms with Gasteiger partial charge in [0, 0.05) is 56.7 Å². The van der Waals surface area contributed by atoms with Crippen LogP contribution in [0.1, 0.15) is 78.0 Å². The molecule has 0 saturated heterocycles. The first-order chi connectivity index (χ1) is 24.4. The maximum Gasteiger partial charge on any atom is 0.139 e. The van der Waals surface area contributed by atoms with Crippen molar-refractivity contribution in [3.63, 3.8) is 0 Å². The Kier molecular flexibility index (Phi) is 7.34. The molecule has 0 saturated carbocycles. The third-order valence-electron chi connectivity index (χ3n) is 11.4. The van der Waals surface area contributed by atoms with Crippen LogP contribution < -0.4 is 0 Å². The summed E-state index contributed by atoms with van der Waals surface area (Å²) in [6.07, 6.45) is 2.23. The number of hydrogen-bond donors (Lipinski definition) is 0. The van der Waals surface area contributed by atoms with Gasteiger partial charge in [0.2, 0.25) is 0 Å². The summed E-state index contributed by atoms with van der Waals surface area (Å²) in [6, 6.07) is 43.3. The molecule has 254 valence electrons. The van der Waals surface area contributed by atoms with E-state index in [1.807, 2.05) is 22.7 Å². The topological polar surface area (TPSA) is 13.1 Å². The van der Waals surface area contributed by atoms with E-state index in [2.05, 4.69) is 164 Å². The van der Waals surface area contributed by atoms with Crippen LogP contribution in [-0.4, -0.2) is 0 Å². The van der Waals surface area contributed by atoms with Crippen LogP contribution in [-0.2, 0) is 16.2 Å². The highest BCUT2D eigenvalue weighted by molar-refractivity contribution is 7.26. The largest absolute Gasteiger partial charge is 0.456 e. The Labute approximate surface area is 308 Å². The molecule has 3 heterocycles. The lowest BCUT2D eigenvalue weighted by molar-refractivity contribution is 0.375. The highest BCUT2D eigenvalue weighted by Gasteiger charge is 2.28. The standard InChI is InChI=1S/C48H44OS2/c1-46(2,3)38-15-10-14-34-36-26-29(18-22-39(36)49-45(34)38)32-13-11-17-42-44(32)35-21-19-31(28-43(35)51-42)48(6,7)25-24-47(4,5)30-20-23-41-37(27-30)33-12-8-9-16-40(33)50-41/h8-23,26-28H,24-25H2,1-7H3. The van der Waals surface area contributed by atoms with E-state index < -0.39 is 0 Å². The molecule has 0 N–H and O–H groups in total. The lowest BCUT2D eigenvalue weighted by Gasteiger charge is -2.32. The summed E-state index contributed by atoms with van der Waals surface area (Å²) in [7, 11) is 0. The summed E-state index contributed by atoms with van der Waals surface area (Å²) in [5, 5.41) is 7.83. The molecule has 0 bridgehead atoms. The maximum absolute atomic E-state index is 6.49. The quantitative estimate of drug-likeness (QED) is 0.168. The van der Waals surface area contributed by atoms with Gasteiger partial charge in [-0.25, -0.2) is 0 Å². The lowest BCUT2D eigenvalue weighted by Crippen LogP contribution is -2.24. The first-order valence-electron chi connectivity index (χ1n) is 18.2. The molecule has 3 heteroatoms. The highest BCUT2D eigenvalue weighted by Crippen LogP contribution is 2.45. The van der Waals surface area contributed by atoms with Crippen LogP contribution >= 0.6 is 22.7 Å². The van der Waals surface area contributed by atoms with Gasteiger partial charge in [-0.05, 0) is 93.8 Å². The molecule has 9 rings (SSSR count). The van der Waals surface area contributed by atoms with Crippen LogP contribution in [0.4, 0.5) is 0 Å². The summed E-state index contributed by atoms with van der Waals surface area (Å²) in [4.78, 5) is 0. The second-order valence-electron chi connectivity index (χ2n) is 16.8. The predicted molar refractivity (Wildman–Crippen MR) is 225 cm³/mol. The molecule has 0 amide bonds. The SMILES string of the molecule is CC(C)(C)c1cccc2c1oc1ccc(-c3cccc4sc5cc(C(C)(C)CCC(C)(C)c6ccc7sc8ccccc8c7c6)ccc5c34)cc12. The first-order valence-corrected chi connectivity index (χ1v) is 19.8. The maximum atomic E-state index is 6.49. The van der Waals surface area contributed by atoms with Gasteiger partial charge in [0.15, 0.2) is 0 Å². The molecule has 51 heavy (non-hydrogen) atoms. The van der Waals surface area contributed by atoms with E-state index in [0.717, 1.165) is 24.0 Å². The average Bonchev–Trinajstić information content (AvgIpc) is 3.80. The van der Waals surface area contributed by atoms with Gasteiger partial charge in [0.05, 0.1) is 0 Å². The Hall–Kier alpha value is -4.44. The van der Waals surface area contributed by atoms with E-state index >= 15 is 0 Å². The van der Waals surface area contributed by atoms with E-state index in [1.54, 1.807) is 0 Å². The third kappa shape index (κ3) is 5.40. The molecule has 0 fully saturated rings. The Morgan fingerprint density at radius 1 is 0.490 bits per heavy atom. The minimum atomic E-state index is 0.00968. The van der Waals surface area contributed by atoms with Crippen molar-refractivity contribution in [1.82, 2.24) is 0 Å². The van der Waals surface area contributed by atoms with Gasteiger partial charge in [-0.1, -0.05) is 121 Å². The van der Waals surface area contributed by atoms with Gasteiger partial charge in [-0.2, -0.15) is 0 Å². The molecule has 0 aliphatic rings. The Balaban J connectivity index is 1.04. The summed E-state index contributed by atoms with van der Waals surface area (Å²) in [5.41, 5.74) is 8.69. The van der Waals surface area contributed by atoms with Gasteiger partial charge in [0.1, 0.15) is 11.2 Å². The summed E-state index contributed by atoms with van der Waals surface area (Å²) < 4.78 is 11.9. The number of fused-ring (bicyclic) bond motifs is 9. The molecule has 1 nitrogen and oxygen atoms in total. The zero-order chi connectivity index (χ0) is 35.3. The number of hydrogen-bond acceptors (Lipinski definition) is 3. The van der Waals surface area contributed by atoms with Crippen molar-refractivity contribution >= 4 is 85.0 Å². The molecular weight excluding hydrogens is 657 g/mol. The van der Waals surface area contributed by atoms with Gasteiger partial charge >= 0.3 is 0 Å². The normalized spacial score (nSPS) is 13.2. The average molecular weight is 701 g/mol. The Morgan fingerprint density at radius 2 is 1.16 bits per heavy atom. The fourth-order valence-corrected chi connectivity index (χ4v) is 10.4. The Bertz CT molecular complexity index is 2790. The van der Waals surface area contributed by atoms with E-state index in [4.69, 9.17) is 4.42 Å². The fraction of sp³-hybridized carbons (Fsp3) is 0.250. The van der Waals surface area contributed by atoms with Gasteiger partial charge in [-0.15, -0.1) is 22.7 Å². The molecule has 0 unspecified atom stereocenters. The van der Waals surface area contributed by atoms with Crippen molar-refractivity contribution in [2.45, 2.75) is 77.6 Å². The number of thiophene rings is 2. The minimum Gasteiger partial charge on any atom is -0.456 e. The number of furan rings is 1. The Morgan fingerprint density at radius 3 is 1.96 bits per heavy atom. The molecule has 0 aliphatic heterocycles. The van der Waals surface area contributed by atoms with Crippen LogP contribution in [0.2, 0.25) is 0 Å². The number of benzene rings is 6. The summed E-state index contributed by atoms with van der Waals surface area (Å²) in [5.74, 6) is 0. The molecule has 0 atom stereocenters. The van der Waals surface area contributed by atoms with Gasteiger partial charge < -0.3 is 4.42 Å². The number of rotatable bonds is 6. The van der Waals surface area contributed by atoms with Crippen LogP contribution in [0.3, 0.4) is 0 Å². The van der Waals surface area contributed by atoms with E-state index in [1.165, 1.54) is 78.9 Å². The van der Waals surface area contributed by atoms with Gasteiger partial charge in [-0.3, -0.25) is 0 Å². The van der Waals surface area contributed by atoms with Crippen molar-refractivity contribution < 1.29 is 4.42 Å². The molecule has 0 spiro atoms. The zero-order valence-corrected chi connectivity index (χ0v) is 32.2. The van der Waals surface area contributed by atoms with Crippen molar-refractivity contribution in [1.29, 1.82) is 0 Å². The van der Waals surface area contributed by atoms with Crippen LogP contribution in [0, 0.1) is 0 Å². The third-order valence-corrected chi connectivity index (χ3v) is 13.7. The molecule has 0 aliphatic carbocycles. The van der Waals surface area contributed by atoms with Crippen LogP contribution in [0.25, 0.3) is 73.4 Å². The van der Waals surface area contributed by atoms with Crippen LogP contribution in [0.15, 0.2) is 120 Å². The first kappa shape index (κ1) is 32.5. The monoisotopic (exact) mass is 700 g/mol. The molecule has 6 aromatic carbocycles. The number of para-hydroxylation sites is 1. The summed E-state index contributed by atoms with van der Waals surface area (Å²) >= 11 is 3.82. The smallest absolute Gasteiger partial charge is 0.139 e. The summed E-state index contributed by atoms with van der Waals surface area (Å²) in [6.45, 7) is 16.4. The fourth-order valence-electron chi connectivity index (χ4n) is 8.10. The van der Waals surface area contributed by atoms with Crippen LogP contribution in [0.5, 0.6) is 0 Å². The molecule has 0 radical (unpaired) electrons. The second-order valence-corrected chi connectivity index (χ2v) is 19.0. The lowest BCUT2D eigenvalue weighted by atomic mass is 9.72. The van der Waals surface area contributed by atoms with Crippen molar-refractivity contribution in [3.8, 4) is 11.1 Å².